The molecule has 19 heavy (non-hydrogen) atoms. The fourth-order valence-corrected chi connectivity index (χ4v) is 3.30. The van der Waals surface area contributed by atoms with E-state index in [0.29, 0.717) is 0 Å². The highest BCUT2D eigenvalue weighted by Crippen LogP contribution is 2.24. The van der Waals surface area contributed by atoms with Crippen LogP contribution in [0.15, 0.2) is 58.9 Å². The smallest absolute Gasteiger partial charge is 0.0992 e. The zero-order chi connectivity index (χ0) is 13.1. The van der Waals surface area contributed by atoms with Crippen LogP contribution in [-0.4, -0.2) is 9.55 Å². The fraction of sp³-hybridized carbons (Fsp3) is 0.0714. The molecule has 0 aliphatic heterocycles. The third-order valence-electron chi connectivity index (χ3n) is 2.77. The van der Waals surface area contributed by atoms with Gasteiger partial charge in [0.1, 0.15) is 0 Å². The van der Waals surface area contributed by atoms with E-state index in [1.807, 2.05) is 29.2 Å². The number of aromatic nitrogens is 2. The van der Waals surface area contributed by atoms with E-state index in [1.165, 1.54) is 4.88 Å². The summed E-state index contributed by atoms with van der Waals surface area (Å²) in [5.41, 5.74) is 2.21. The molecule has 2 aromatic heterocycles. The zero-order valence-corrected chi connectivity index (χ0v) is 12.5. The van der Waals surface area contributed by atoms with Gasteiger partial charge in [-0.1, -0.05) is 12.1 Å². The molecule has 2 heterocycles. The van der Waals surface area contributed by atoms with Gasteiger partial charge in [-0.25, -0.2) is 4.98 Å². The molecular formula is C14H12BrN3S. The molecule has 96 valence electrons. The number of halogens is 1. The largest absolute Gasteiger partial charge is 0.378 e. The van der Waals surface area contributed by atoms with Crippen LogP contribution in [0.1, 0.15) is 4.88 Å². The molecule has 0 spiro atoms. The number of thiophene rings is 1. The summed E-state index contributed by atoms with van der Waals surface area (Å²) in [5.74, 6) is 0. The highest BCUT2D eigenvalue weighted by Gasteiger charge is 2.04. The summed E-state index contributed by atoms with van der Waals surface area (Å²) in [7, 11) is 0. The third kappa shape index (κ3) is 2.88. The van der Waals surface area contributed by atoms with Crippen molar-refractivity contribution >= 4 is 33.0 Å². The van der Waals surface area contributed by atoms with Crippen molar-refractivity contribution in [3.63, 3.8) is 0 Å². The Balaban J connectivity index is 1.81. The first-order chi connectivity index (χ1) is 9.33. The van der Waals surface area contributed by atoms with Gasteiger partial charge in [-0.3, -0.25) is 0 Å². The topological polar surface area (TPSA) is 29.9 Å². The van der Waals surface area contributed by atoms with Crippen LogP contribution in [0, 0.1) is 0 Å². The number of hydrogen-bond acceptors (Lipinski definition) is 3. The maximum atomic E-state index is 4.09. The third-order valence-corrected chi connectivity index (χ3v) is 4.39. The zero-order valence-electron chi connectivity index (χ0n) is 10.1. The lowest BCUT2D eigenvalue weighted by atomic mass is 10.2. The molecular weight excluding hydrogens is 322 g/mol. The number of imidazole rings is 1. The average Bonchev–Trinajstić information content (AvgIpc) is 3.08. The molecule has 0 radical (unpaired) electrons. The number of rotatable bonds is 4. The van der Waals surface area contributed by atoms with Gasteiger partial charge in [0.05, 0.1) is 21.5 Å². The van der Waals surface area contributed by atoms with Gasteiger partial charge in [0.25, 0.3) is 0 Å². The van der Waals surface area contributed by atoms with Gasteiger partial charge >= 0.3 is 0 Å². The highest BCUT2D eigenvalue weighted by atomic mass is 79.9. The predicted octanol–water partition coefficient (Wildman–Crippen LogP) is 4.31. The van der Waals surface area contributed by atoms with E-state index >= 15 is 0 Å². The lowest BCUT2D eigenvalue weighted by Crippen LogP contribution is -2.02. The second kappa shape index (κ2) is 5.59. The molecule has 0 bridgehead atoms. The molecule has 0 amide bonds. The van der Waals surface area contributed by atoms with E-state index in [4.69, 9.17) is 0 Å². The number of benzene rings is 1. The van der Waals surface area contributed by atoms with E-state index in [0.717, 1.165) is 21.7 Å². The van der Waals surface area contributed by atoms with Crippen molar-refractivity contribution in [3.05, 3.63) is 63.8 Å². The van der Waals surface area contributed by atoms with Crippen molar-refractivity contribution in [2.45, 2.75) is 6.54 Å². The van der Waals surface area contributed by atoms with Crippen LogP contribution in [0.2, 0.25) is 0 Å². The van der Waals surface area contributed by atoms with E-state index in [1.54, 1.807) is 17.5 Å². The summed E-state index contributed by atoms with van der Waals surface area (Å²) in [6.45, 7) is 0.821. The second-order valence-electron chi connectivity index (χ2n) is 4.05. The standard InChI is InChI=1S/C14H12BrN3S/c15-14-6-5-11(19-14)9-17-12-3-1-2-4-13(12)18-8-7-16-10-18/h1-8,10,17H,9H2. The van der Waals surface area contributed by atoms with Gasteiger partial charge in [-0.2, -0.15) is 0 Å². The molecule has 3 rings (SSSR count). The summed E-state index contributed by atoms with van der Waals surface area (Å²) in [6.07, 6.45) is 5.54. The van der Waals surface area contributed by atoms with Crippen LogP contribution in [-0.2, 0) is 6.54 Å². The van der Waals surface area contributed by atoms with Crippen molar-refractivity contribution in [1.82, 2.24) is 9.55 Å². The van der Waals surface area contributed by atoms with Crippen molar-refractivity contribution in [1.29, 1.82) is 0 Å². The Hall–Kier alpha value is -1.59. The monoisotopic (exact) mass is 333 g/mol. The molecule has 3 aromatic rings. The summed E-state index contributed by atoms with van der Waals surface area (Å²) in [6, 6.07) is 12.4. The molecule has 0 fully saturated rings. The summed E-state index contributed by atoms with van der Waals surface area (Å²) >= 11 is 5.23. The number of nitrogens with zero attached hydrogens (tertiary/aromatic N) is 2. The van der Waals surface area contributed by atoms with Crippen molar-refractivity contribution in [3.8, 4) is 5.69 Å². The van der Waals surface area contributed by atoms with Gasteiger partial charge < -0.3 is 9.88 Å². The summed E-state index contributed by atoms with van der Waals surface area (Å²) in [5, 5.41) is 3.47. The van der Waals surface area contributed by atoms with Crippen LogP contribution in [0.5, 0.6) is 0 Å². The van der Waals surface area contributed by atoms with Crippen molar-refractivity contribution < 1.29 is 0 Å². The van der Waals surface area contributed by atoms with Crippen LogP contribution in [0.4, 0.5) is 5.69 Å². The molecule has 5 heteroatoms. The second-order valence-corrected chi connectivity index (χ2v) is 6.59. The molecule has 0 atom stereocenters. The molecule has 3 nitrogen and oxygen atoms in total. The number of para-hydroxylation sites is 2. The minimum atomic E-state index is 0.821. The van der Waals surface area contributed by atoms with Crippen LogP contribution in [0.3, 0.4) is 0 Å². The number of hydrogen-bond donors (Lipinski definition) is 1. The van der Waals surface area contributed by atoms with Crippen LogP contribution < -0.4 is 5.32 Å². The maximum Gasteiger partial charge on any atom is 0.0992 e. The Bertz CT molecular complexity index is 661. The van der Waals surface area contributed by atoms with Crippen LogP contribution in [0.25, 0.3) is 5.69 Å². The minimum Gasteiger partial charge on any atom is -0.378 e. The van der Waals surface area contributed by atoms with Crippen LogP contribution >= 0.6 is 27.3 Å². The molecule has 0 aliphatic rings. The predicted molar refractivity (Wildman–Crippen MR) is 82.9 cm³/mol. The van der Waals surface area contributed by atoms with Gasteiger partial charge in [0.15, 0.2) is 0 Å². The molecule has 0 saturated heterocycles. The Labute approximate surface area is 124 Å². The number of anilines is 1. The molecule has 0 unspecified atom stereocenters. The van der Waals surface area contributed by atoms with Crippen molar-refractivity contribution in [2.75, 3.05) is 5.32 Å². The molecule has 0 saturated carbocycles. The first-order valence-corrected chi connectivity index (χ1v) is 7.49. The van der Waals surface area contributed by atoms with E-state index in [9.17, 15) is 0 Å². The maximum absolute atomic E-state index is 4.09. The molecule has 1 N–H and O–H groups in total. The Morgan fingerprint density at radius 2 is 2.11 bits per heavy atom. The summed E-state index contributed by atoms with van der Waals surface area (Å²) < 4.78 is 3.17. The lowest BCUT2D eigenvalue weighted by Gasteiger charge is -2.11. The molecule has 1 aromatic carbocycles. The average molecular weight is 334 g/mol. The number of nitrogens with one attached hydrogen (secondary N) is 1. The minimum absolute atomic E-state index is 0.821. The van der Waals surface area contributed by atoms with E-state index < -0.39 is 0 Å². The highest BCUT2D eigenvalue weighted by molar-refractivity contribution is 9.11. The SMILES string of the molecule is Brc1ccc(CNc2ccccc2-n2ccnc2)s1. The fourth-order valence-electron chi connectivity index (χ4n) is 1.88. The Morgan fingerprint density at radius 3 is 2.84 bits per heavy atom. The first-order valence-electron chi connectivity index (χ1n) is 5.88. The van der Waals surface area contributed by atoms with Gasteiger partial charge in [-0.05, 0) is 40.2 Å². The van der Waals surface area contributed by atoms with Gasteiger partial charge in [0.2, 0.25) is 0 Å². The van der Waals surface area contributed by atoms with E-state index in [2.05, 4.69) is 50.5 Å². The van der Waals surface area contributed by atoms with Gasteiger partial charge in [0, 0.05) is 23.8 Å². The first kappa shape index (κ1) is 12.4. The van der Waals surface area contributed by atoms with E-state index in [-0.39, 0.29) is 0 Å². The quantitative estimate of drug-likeness (QED) is 0.771. The molecule has 0 aliphatic carbocycles. The van der Waals surface area contributed by atoms with Gasteiger partial charge in [-0.15, -0.1) is 11.3 Å². The Kier molecular flexibility index (Phi) is 3.66. The Morgan fingerprint density at radius 1 is 1.21 bits per heavy atom. The lowest BCUT2D eigenvalue weighted by molar-refractivity contribution is 1.05. The summed E-state index contributed by atoms with van der Waals surface area (Å²) in [4.78, 5) is 5.39. The normalized spacial score (nSPS) is 10.6. The van der Waals surface area contributed by atoms with Crippen molar-refractivity contribution in [2.24, 2.45) is 0 Å².